The highest BCUT2D eigenvalue weighted by Crippen LogP contribution is 2.32. The topological polar surface area (TPSA) is 128 Å². The third kappa shape index (κ3) is 4.86. The second kappa shape index (κ2) is 9.52. The van der Waals surface area contributed by atoms with Crippen molar-refractivity contribution < 1.29 is 24.2 Å². The summed E-state index contributed by atoms with van der Waals surface area (Å²) in [5.41, 5.74) is 2.57. The van der Waals surface area contributed by atoms with Crippen LogP contribution in [0.5, 0.6) is 5.75 Å². The number of rotatable bonds is 6. The molecule has 0 saturated carbocycles. The Kier molecular flexibility index (Phi) is 6.51. The first-order chi connectivity index (χ1) is 16.2. The Hall–Kier alpha value is -3.92. The first-order valence-corrected chi connectivity index (χ1v) is 10.8. The lowest BCUT2D eigenvalue weighted by Gasteiger charge is -2.15. The fourth-order valence-electron chi connectivity index (χ4n) is 3.54. The maximum absolute atomic E-state index is 12.5. The SMILES string of the molecule is Cc1nnc2n1-c1ccc(OCC(=O)O)cc1C(c1ccc(Cl)cc1)=NC2NC(=O)OC(C)C. The van der Waals surface area contributed by atoms with E-state index in [0.29, 0.717) is 39.4 Å². The summed E-state index contributed by atoms with van der Waals surface area (Å²) in [6, 6.07) is 12.2. The van der Waals surface area contributed by atoms with Crippen LogP contribution in [0.1, 0.15) is 42.8 Å². The van der Waals surface area contributed by atoms with Crippen LogP contribution >= 0.6 is 11.6 Å². The molecule has 10 nitrogen and oxygen atoms in total. The molecule has 4 rings (SSSR count). The van der Waals surface area contributed by atoms with Gasteiger partial charge in [-0.3, -0.25) is 14.9 Å². The minimum Gasteiger partial charge on any atom is -0.482 e. The zero-order valence-electron chi connectivity index (χ0n) is 18.7. The third-order valence-electron chi connectivity index (χ3n) is 4.89. The smallest absolute Gasteiger partial charge is 0.409 e. The molecular formula is C23H22ClN5O5. The Labute approximate surface area is 200 Å². The highest BCUT2D eigenvalue weighted by Gasteiger charge is 2.30. The summed E-state index contributed by atoms with van der Waals surface area (Å²) in [4.78, 5) is 28.3. The lowest BCUT2D eigenvalue weighted by atomic mass is 10.00. The molecule has 3 aromatic rings. The Morgan fingerprint density at radius 3 is 2.59 bits per heavy atom. The molecule has 2 heterocycles. The Balaban J connectivity index is 1.89. The summed E-state index contributed by atoms with van der Waals surface area (Å²) in [5, 5.41) is 20.7. The van der Waals surface area contributed by atoms with Gasteiger partial charge >= 0.3 is 12.1 Å². The summed E-state index contributed by atoms with van der Waals surface area (Å²) in [6.45, 7) is 4.78. The van der Waals surface area contributed by atoms with Crippen molar-refractivity contribution in [3.63, 3.8) is 0 Å². The number of nitrogens with one attached hydrogen (secondary N) is 1. The largest absolute Gasteiger partial charge is 0.482 e. The number of carboxylic acid groups (broad SMARTS) is 1. The number of aromatic nitrogens is 3. The van der Waals surface area contributed by atoms with E-state index in [-0.39, 0.29) is 6.10 Å². The molecule has 1 aliphatic rings. The molecule has 0 fully saturated rings. The van der Waals surface area contributed by atoms with Gasteiger partial charge in [-0.05, 0) is 51.1 Å². The summed E-state index contributed by atoms with van der Waals surface area (Å²) in [5.74, 6) is 0.224. The first-order valence-electron chi connectivity index (χ1n) is 10.4. The number of fused-ring (bicyclic) bond motifs is 3. The monoisotopic (exact) mass is 483 g/mol. The van der Waals surface area contributed by atoms with Gasteiger partial charge in [-0.2, -0.15) is 0 Å². The van der Waals surface area contributed by atoms with Crippen molar-refractivity contribution in [1.29, 1.82) is 0 Å². The molecule has 1 unspecified atom stereocenters. The van der Waals surface area contributed by atoms with Crippen LogP contribution in [0, 0.1) is 6.92 Å². The van der Waals surface area contributed by atoms with Crippen molar-refractivity contribution in [1.82, 2.24) is 20.1 Å². The van der Waals surface area contributed by atoms with Gasteiger partial charge in [-0.1, -0.05) is 23.7 Å². The van der Waals surface area contributed by atoms with E-state index >= 15 is 0 Å². The molecular weight excluding hydrogens is 462 g/mol. The van der Waals surface area contributed by atoms with Crippen LogP contribution in [-0.2, 0) is 9.53 Å². The minimum absolute atomic E-state index is 0.323. The molecule has 1 aliphatic heterocycles. The van der Waals surface area contributed by atoms with Crippen LogP contribution in [-0.4, -0.2) is 50.4 Å². The van der Waals surface area contributed by atoms with Gasteiger partial charge in [0, 0.05) is 16.1 Å². The van der Waals surface area contributed by atoms with E-state index in [9.17, 15) is 9.59 Å². The summed E-state index contributed by atoms with van der Waals surface area (Å²) in [6.07, 6.45) is -1.88. The Morgan fingerprint density at radius 1 is 1.18 bits per heavy atom. The number of alkyl carbamates (subject to hydrolysis) is 1. The fourth-order valence-corrected chi connectivity index (χ4v) is 3.66. The number of carbonyl (C=O) groups excluding carboxylic acids is 1. The average Bonchev–Trinajstić information content (AvgIpc) is 3.10. The number of carboxylic acids is 1. The lowest BCUT2D eigenvalue weighted by molar-refractivity contribution is -0.139. The van der Waals surface area contributed by atoms with Crippen LogP contribution < -0.4 is 10.1 Å². The third-order valence-corrected chi connectivity index (χ3v) is 5.15. The van der Waals surface area contributed by atoms with Crippen LogP contribution in [0.4, 0.5) is 4.79 Å². The molecule has 0 bridgehead atoms. The summed E-state index contributed by atoms with van der Waals surface area (Å²) in [7, 11) is 0. The number of aliphatic carboxylic acids is 1. The van der Waals surface area contributed by atoms with E-state index in [2.05, 4.69) is 15.5 Å². The van der Waals surface area contributed by atoms with Gasteiger partial charge in [-0.15, -0.1) is 10.2 Å². The molecule has 176 valence electrons. The molecule has 1 aromatic heterocycles. The number of amides is 1. The predicted octanol–water partition coefficient (Wildman–Crippen LogP) is 3.68. The first kappa shape index (κ1) is 23.2. The van der Waals surface area contributed by atoms with Crippen LogP contribution in [0.2, 0.25) is 5.02 Å². The van der Waals surface area contributed by atoms with E-state index in [1.807, 2.05) is 0 Å². The van der Waals surface area contributed by atoms with Gasteiger partial charge in [0.25, 0.3) is 0 Å². The zero-order chi connectivity index (χ0) is 24.4. The maximum Gasteiger partial charge on any atom is 0.409 e. The highest BCUT2D eigenvalue weighted by molar-refractivity contribution is 6.30. The molecule has 0 spiro atoms. The molecule has 0 radical (unpaired) electrons. The number of aryl methyl sites for hydroxylation is 1. The highest BCUT2D eigenvalue weighted by atomic mass is 35.5. The molecule has 0 saturated heterocycles. The van der Waals surface area contributed by atoms with Crippen LogP contribution in [0.25, 0.3) is 5.69 Å². The van der Waals surface area contributed by atoms with Gasteiger partial charge in [0.2, 0.25) is 0 Å². The standard InChI is InChI=1S/C23H22ClN5O5/c1-12(2)34-23(32)26-21-22-28-27-13(3)29(22)18-9-8-16(33-11-19(30)31)10-17(18)20(25-21)14-4-6-15(24)7-5-14/h4-10,12,21H,11H2,1-3H3,(H,26,32)(H,30,31). The number of hydrogen-bond donors (Lipinski definition) is 2. The Bertz CT molecular complexity index is 1270. The Morgan fingerprint density at radius 2 is 1.91 bits per heavy atom. The van der Waals surface area contributed by atoms with E-state index in [0.717, 1.165) is 5.56 Å². The van der Waals surface area contributed by atoms with Crippen molar-refractivity contribution >= 4 is 29.4 Å². The van der Waals surface area contributed by atoms with Gasteiger partial charge in [0.1, 0.15) is 11.6 Å². The van der Waals surface area contributed by atoms with Gasteiger partial charge < -0.3 is 14.6 Å². The predicted molar refractivity (Wildman–Crippen MR) is 124 cm³/mol. The minimum atomic E-state index is -1.09. The molecule has 2 N–H and O–H groups in total. The number of aliphatic imine (C=N–C) groups is 1. The summed E-state index contributed by atoms with van der Waals surface area (Å²) < 4.78 is 12.4. The van der Waals surface area contributed by atoms with E-state index < -0.39 is 24.8 Å². The van der Waals surface area contributed by atoms with Crippen LogP contribution in [0.3, 0.4) is 0 Å². The number of halogens is 1. The molecule has 0 aliphatic carbocycles. The van der Waals surface area contributed by atoms with Crippen molar-refractivity contribution in [2.75, 3.05) is 6.61 Å². The van der Waals surface area contributed by atoms with E-state index in [1.54, 1.807) is 67.8 Å². The molecule has 34 heavy (non-hydrogen) atoms. The fraction of sp³-hybridized carbons (Fsp3) is 0.261. The average molecular weight is 484 g/mol. The molecule has 11 heteroatoms. The maximum atomic E-state index is 12.5. The van der Waals surface area contributed by atoms with Crippen molar-refractivity contribution in [3.05, 3.63) is 70.3 Å². The number of hydrogen-bond acceptors (Lipinski definition) is 7. The van der Waals surface area contributed by atoms with E-state index in [4.69, 9.17) is 31.2 Å². The number of benzene rings is 2. The van der Waals surface area contributed by atoms with Crippen molar-refractivity contribution in [2.24, 2.45) is 4.99 Å². The van der Waals surface area contributed by atoms with E-state index in [1.165, 1.54) is 0 Å². The lowest BCUT2D eigenvalue weighted by Crippen LogP contribution is -2.31. The summed E-state index contributed by atoms with van der Waals surface area (Å²) >= 11 is 6.09. The normalized spacial score (nSPS) is 14.5. The van der Waals surface area contributed by atoms with Gasteiger partial charge in [-0.25, -0.2) is 9.59 Å². The quantitative estimate of drug-likeness (QED) is 0.547. The van der Waals surface area contributed by atoms with Gasteiger partial charge in [0.05, 0.1) is 17.5 Å². The van der Waals surface area contributed by atoms with Crippen molar-refractivity contribution in [3.8, 4) is 11.4 Å². The number of nitrogens with zero attached hydrogens (tertiary/aromatic N) is 4. The molecule has 1 amide bonds. The van der Waals surface area contributed by atoms with Gasteiger partial charge in [0.15, 0.2) is 18.6 Å². The van der Waals surface area contributed by atoms with Crippen molar-refractivity contribution in [2.45, 2.75) is 33.0 Å². The second-order valence-electron chi connectivity index (χ2n) is 7.79. The number of carbonyl (C=O) groups is 2. The molecule has 1 atom stereocenters. The number of ether oxygens (including phenoxy) is 2. The molecule has 2 aromatic carbocycles. The zero-order valence-corrected chi connectivity index (χ0v) is 19.4. The second-order valence-corrected chi connectivity index (χ2v) is 8.22. The van der Waals surface area contributed by atoms with Crippen LogP contribution in [0.15, 0.2) is 47.5 Å².